The van der Waals surface area contributed by atoms with Crippen LogP contribution in [0.5, 0.6) is 0 Å². The van der Waals surface area contributed by atoms with Crippen LogP contribution in [0.1, 0.15) is 59.7 Å². The number of para-hydroxylation sites is 4. The van der Waals surface area contributed by atoms with E-state index in [1.54, 1.807) is 0 Å². The summed E-state index contributed by atoms with van der Waals surface area (Å²) in [5, 5.41) is 7.46. The van der Waals surface area contributed by atoms with Crippen LogP contribution in [0, 0.1) is 13.8 Å². The van der Waals surface area contributed by atoms with Gasteiger partial charge < -0.3 is 13.7 Å². The quantitative estimate of drug-likeness (QED) is 0.164. The topological polar surface area (TPSA) is 14.8 Å². The van der Waals surface area contributed by atoms with Gasteiger partial charge >= 0.3 is 0 Å². The van der Waals surface area contributed by atoms with Gasteiger partial charge in [-0.25, -0.2) is 0 Å². The van der Waals surface area contributed by atoms with Crippen molar-refractivity contribution in [3.63, 3.8) is 0 Å². The average Bonchev–Trinajstić information content (AvgIpc) is 4.09. The monoisotopic (exact) mass is 897 g/mol. The molecule has 0 N–H and O–H groups in total. The number of rotatable bonds is 5. The first-order valence-corrected chi connectivity index (χ1v) is 24.7. The fourth-order valence-corrected chi connectivity index (χ4v) is 12.4. The molecule has 3 nitrogen and oxygen atoms in total. The molecule has 3 heteroatoms. The van der Waals surface area contributed by atoms with E-state index in [0.717, 1.165) is 17.1 Å². The highest BCUT2D eigenvalue weighted by atomic mass is 15.0. The van der Waals surface area contributed by atoms with Crippen molar-refractivity contribution in [2.45, 2.75) is 45.4 Å². The van der Waals surface area contributed by atoms with Gasteiger partial charge in [0.25, 0.3) is 0 Å². The highest BCUT2D eigenvalue weighted by molar-refractivity contribution is 6.14. The summed E-state index contributed by atoms with van der Waals surface area (Å²) in [4.78, 5) is 0. The Labute approximate surface area is 408 Å². The molecule has 14 rings (SSSR count). The van der Waals surface area contributed by atoms with Gasteiger partial charge in [0, 0.05) is 49.4 Å². The van der Waals surface area contributed by atoms with E-state index in [1.165, 1.54) is 115 Å². The molecule has 334 valence electrons. The fourth-order valence-electron chi connectivity index (χ4n) is 12.4. The van der Waals surface area contributed by atoms with Crippen molar-refractivity contribution < 1.29 is 0 Å². The molecule has 0 saturated carbocycles. The number of aromatic nitrogens is 3. The van der Waals surface area contributed by atoms with E-state index in [4.69, 9.17) is 0 Å². The SMILES string of the molecule is Cc1ccc2c(c1)C(c1ccc(-n3c4ccc(-n5c6ccccc6c6ccccc65)cc4c4cc(-n5c6ccccc6c6ccccc65)ccc43)cc1)(c1ccc(C(C)(C)C)cc1)c1cc(C)ccc1-2. The summed E-state index contributed by atoms with van der Waals surface area (Å²) < 4.78 is 7.36. The maximum absolute atomic E-state index is 2.48. The summed E-state index contributed by atoms with van der Waals surface area (Å²) in [7, 11) is 0. The number of fused-ring (bicyclic) bond motifs is 12. The Morgan fingerprint density at radius 3 is 1.06 bits per heavy atom. The van der Waals surface area contributed by atoms with Gasteiger partial charge in [0.05, 0.1) is 38.5 Å². The molecule has 0 unspecified atom stereocenters. The fraction of sp³-hybridized carbons (Fsp3) is 0.104. The molecule has 3 heterocycles. The molecule has 0 bridgehead atoms. The highest BCUT2D eigenvalue weighted by Crippen LogP contribution is 2.57. The van der Waals surface area contributed by atoms with Gasteiger partial charge in [-0.1, -0.05) is 177 Å². The predicted molar refractivity (Wildman–Crippen MR) is 295 cm³/mol. The normalized spacial score (nSPS) is 13.3. The highest BCUT2D eigenvalue weighted by Gasteiger charge is 2.46. The zero-order valence-corrected chi connectivity index (χ0v) is 40.1. The molecule has 1 aliphatic rings. The predicted octanol–water partition coefficient (Wildman–Crippen LogP) is 17.3. The molecule has 13 aromatic rings. The lowest BCUT2D eigenvalue weighted by atomic mass is 9.67. The van der Waals surface area contributed by atoms with Crippen LogP contribution in [0.4, 0.5) is 0 Å². The smallest absolute Gasteiger partial charge is 0.0713 e. The van der Waals surface area contributed by atoms with Crippen LogP contribution in [0.25, 0.3) is 93.6 Å². The third kappa shape index (κ3) is 5.69. The zero-order chi connectivity index (χ0) is 47.0. The summed E-state index contributed by atoms with van der Waals surface area (Å²) in [5.41, 5.74) is 21.8. The van der Waals surface area contributed by atoms with Crippen LogP contribution in [-0.2, 0) is 10.8 Å². The number of nitrogens with zero attached hydrogens (tertiary/aromatic N) is 3. The van der Waals surface area contributed by atoms with Crippen molar-refractivity contribution in [2.24, 2.45) is 0 Å². The zero-order valence-electron chi connectivity index (χ0n) is 40.1. The Kier molecular flexibility index (Phi) is 8.59. The van der Waals surface area contributed by atoms with Crippen LogP contribution >= 0.6 is 0 Å². The summed E-state index contributed by atoms with van der Waals surface area (Å²) in [5.74, 6) is 0. The first kappa shape index (κ1) is 40.6. The second-order valence-electron chi connectivity index (χ2n) is 20.7. The van der Waals surface area contributed by atoms with Crippen molar-refractivity contribution in [1.29, 1.82) is 0 Å². The van der Waals surface area contributed by atoms with Crippen molar-refractivity contribution >= 4 is 65.4 Å². The Morgan fingerprint density at radius 2 is 0.657 bits per heavy atom. The molecule has 1 aliphatic carbocycles. The van der Waals surface area contributed by atoms with Crippen LogP contribution in [0.3, 0.4) is 0 Å². The van der Waals surface area contributed by atoms with Gasteiger partial charge in [-0.15, -0.1) is 0 Å². The molecule has 0 fully saturated rings. The van der Waals surface area contributed by atoms with Crippen molar-refractivity contribution in [1.82, 2.24) is 13.7 Å². The molecule has 0 aliphatic heterocycles. The molecule has 0 amide bonds. The summed E-state index contributed by atoms with van der Waals surface area (Å²) in [6.45, 7) is 11.4. The summed E-state index contributed by atoms with van der Waals surface area (Å²) in [6.07, 6.45) is 0. The van der Waals surface area contributed by atoms with Crippen molar-refractivity contribution in [3.05, 3.63) is 257 Å². The minimum atomic E-state index is -0.507. The van der Waals surface area contributed by atoms with Crippen LogP contribution in [0.15, 0.2) is 218 Å². The van der Waals surface area contributed by atoms with Gasteiger partial charge in [0.15, 0.2) is 0 Å². The lowest BCUT2D eigenvalue weighted by Gasteiger charge is -2.35. The van der Waals surface area contributed by atoms with E-state index in [0.29, 0.717) is 0 Å². The molecular formula is C67H51N3. The van der Waals surface area contributed by atoms with E-state index in [-0.39, 0.29) is 5.41 Å². The van der Waals surface area contributed by atoms with E-state index in [9.17, 15) is 0 Å². The third-order valence-electron chi connectivity index (χ3n) is 15.6. The van der Waals surface area contributed by atoms with Gasteiger partial charge in [0.1, 0.15) is 0 Å². The Bertz CT molecular complexity index is 3950. The van der Waals surface area contributed by atoms with E-state index in [1.807, 2.05) is 0 Å². The van der Waals surface area contributed by atoms with Gasteiger partial charge in [-0.3, -0.25) is 0 Å². The van der Waals surface area contributed by atoms with Gasteiger partial charge in [0.2, 0.25) is 0 Å². The number of benzene rings is 10. The van der Waals surface area contributed by atoms with Crippen molar-refractivity contribution in [2.75, 3.05) is 0 Å². The van der Waals surface area contributed by atoms with Crippen LogP contribution in [0.2, 0.25) is 0 Å². The molecule has 10 aromatic carbocycles. The second kappa shape index (κ2) is 14.8. The summed E-state index contributed by atoms with van der Waals surface area (Å²) in [6, 6.07) is 82.5. The Hall–Kier alpha value is -8.40. The summed E-state index contributed by atoms with van der Waals surface area (Å²) >= 11 is 0. The number of hydrogen-bond acceptors (Lipinski definition) is 0. The molecule has 3 aromatic heterocycles. The maximum atomic E-state index is 2.48. The Balaban J connectivity index is 1.01. The molecule has 0 spiro atoms. The standard InChI is InChI=1S/C67H51N3/c1-42-22-34-50-51-35-23-43(2)39-59(51)67(58(50)38-42,45-26-24-44(25-27-45)66(3,4)5)46-28-30-47(31-29-46)68-64-36-32-48(69-60-18-10-6-14-52(60)53-15-7-11-19-61(53)69)40-56(64)57-41-49(33-37-65(57)68)70-62-20-12-8-16-54(62)55-17-9-13-21-63(55)70/h6-41H,1-5H3. The van der Waals surface area contributed by atoms with E-state index < -0.39 is 5.41 Å². The molecule has 0 radical (unpaired) electrons. The molecule has 0 atom stereocenters. The molecular weight excluding hydrogens is 847 g/mol. The largest absolute Gasteiger partial charge is 0.309 e. The Morgan fingerprint density at radius 1 is 0.314 bits per heavy atom. The van der Waals surface area contributed by atoms with Gasteiger partial charge in [-0.2, -0.15) is 0 Å². The maximum Gasteiger partial charge on any atom is 0.0713 e. The average molecular weight is 898 g/mol. The van der Waals surface area contributed by atoms with Crippen LogP contribution < -0.4 is 0 Å². The lowest BCUT2D eigenvalue weighted by molar-refractivity contribution is 0.589. The van der Waals surface area contributed by atoms with E-state index >= 15 is 0 Å². The first-order chi connectivity index (χ1) is 34.2. The first-order valence-electron chi connectivity index (χ1n) is 24.7. The van der Waals surface area contributed by atoms with E-state index in [2.05, 4.69) is 267 Å². The second-order valence-corrected chi connectivity index (χ2v) is 20.7. The molecule has 0 saturated heterocycles. The number of aryl methyl sites for hydroxylation is 2. The number of hydrogen-bond donors (Lipinski definition) is 0. The van der Waals surface area contributed by atoms with Crippen molar-refractivity contribution in [3.8, 4) is 28.2 Å². The third-order valence-corrected chi connectivity index (χ3v) is 15.6. The van der Waals surface area contributed by atoms with Crippen LogP contribution in [-0.4, -0.2) is 13.7 Å². The van der Waals surface area contributed by atoms with Gasteiger partial charge in [-0.05, 0) is 131 Å². The minimum Gasteiger partial charge on any atom is -0.309 e. The molecule has 70 heavy (non-hydrogen) atoms. The lowest BCUT2D eigenvalue weighted by Crippen LogP contribution is -2.29. The minimum absolute atomic E-state index is 0.0444.